The SMILES string of the molecule is c1ccc2c(c1)nc1c3ccccc3c3ccc(-c4ccc(-c5cc6oc7ccccc7c6c6c5oc5ccccc56)cc4)cc3n21. The fraction of sp³-hybridized carbons (Fsp3) is 0. The van der Waals surface area contributed by atoms with E-state index in [0.717, 1.165) is 93.7 Å². The lowest BCUT2D eigenvalue weighted by molar-refractivity contribution is 0.664. The third-order valence-electron chi connectivity index (χ3n) is 9.78. The molecule has 0 amide bonds. The zero-order valence-electron chi connectivity index (χ0n) is 25.1. The normalized spacial score (nSPS) is 12.3. The van der Waals surface area contributed by atoms with E-state index in [2.05, 4.69) is 126 Å². The standard InChI is InChI=1S/C43H24N2O2/c1-2-10-30-28(9-1)29-22-21-27(23-36(29)45-35-14-6-5-13-34(35)44-43(30)45)25-17-19-26(20-18-25)33-24-39-40(31-11-3-7-15-37(31)46-39)41-32-12-4-8-16-38(32)47-42(33)41/h1-24H. The minimum atomic E-state index is 0.864. The van der Waals surface area contributed by atoms with Crippen LogP contribution in [0, 0.1) is 0 Å². The highest BCUT2D eigenvalue weighted by atomic mass is 16.3. The number of imidazole rings is 1. The molecule has 0 unspecified atom stereocenters. The molecular weight excluding hydrogens is 576 g/mol. The average molecular weight is 601 g/mol. The lowest BCUT2D eigenvalue weighted by Crippen LogP contribution is -1.92. The first-order valence-electron chi connectivity index (χ1n) is 15.9. The van der Waals surface area contributed by atoms with Crippen LogP contribution in [0.3, 0.4) is 0 Å². The lowest BCUT2D eigenvalue weighted by atomic mass is 9.96. The third-order valence-corrected chi connectivity index (χ3v) is 9.78. The highest BCUT2D eigenvalue weighted by Crippen LogP contribution is 2.45. The molecule has 0 aliphatic carbocycles. The Morgan fingerprint density at radius 3 is 1.89 bits per heavy atom. The molecule has 4 heterocycles. The summed E-state index contributed by atoms with van der Waals surface area (Å²) >= 11 is 0. The Morgan fingerprint density at radius 2 is 1.06 bits per heavy atom. The second kappa shape index (κ2) is 9.09. The monoisotopic (exact) mass is 600 g/mol. The molecule has 0 bridgehead atoms. The van der Waals surface area contributed by atoms with E-state index >= 15 is 0 Å². The van der Waals surface area contributed by atoms with E-state index in [-0.39, 0.29) is 0 Å². The van der Waals surface area contributed by atoms with Gasteiger partial charge in [0.1, 0.15) is 28.0 Å². The Labute approximate surface area is 267 Å². The van der Waals surface area contributed by atoms with Gasteiger partial charge in [0, 0.05) is 37.9 Å². The first kappa shape index (κ1) is 24.9. The molecule has 11 aromatic rings. The van der Waals surface area contributed by atoms with Crippen molar-refractivity contribution >= 4 is 82.2 Å². The topological polar surface area (TPSA) is 43.6 Å². The largest absolute Gasteiger partial charge is 0.456 e. The van der Waals surface area contributed by atoms with Gasteiger partial charge in [-0.3, -0.25) is 4.40 Å². The highest BCUT2D eigenvalue weighted by Gasteiger charge is 2.21. The van der Waals surface area contributed by atoms with Crippen LogP contribution in [0.25, 0.3) is 104 Å². The maximum absolute atomic E-state index is 6.58. The zero-order chi connectivity index (χ0) is 30.6. The third kappa shape index (κ3) is 3.39. The van der Waals surface area contributed by atoms with Crippen LogP contribution in [0.1, 0.15) is 0 Å². The van der Waals surface area contributed by atoms with Crippen molar-refractivity contribution in [1.29, 1.82) is 0 Å². The molecule has 0 saturated carbocycles. The Hall–Kier alpha value is -6.39. The van der Waals surface area contributed by atoms with Crippen LogP contribution in [-0.4, -0.2) is 9.38 Å². The van der Waals surface area contributed by atoms with Crippen LogP contribution in [0.5, 0.6) is 0 Å². The number of furan rings is 2. The van der Waals surface area contributed by atoms with Gasteiger partial charge in [0.05, 0.1) is 16.6 Å². The second-order valence-electron chi connectivity index (χ2n) is 12.3. The fourth-order valence-corrected chi connectivity index (χ4v) is 7.65. The molecule has 0 spiro atoms. The van der Waals surface area contributed by atoms with Gasteiger partial charge in [0.25, 0.3) is 0 Å². The summed E-state index contributed by atoms with van der Waals surface area (Å²) in [5, 5.41) is 7.98. The van der Waals surface area contributed by atoms with E-state index in [4.69, 9.17) is 13.8 Å². The Kier molecular flexibility index (Phi) is 4.81. The highest BCUT2D eigenvalue weighted by molar-refractivity contribution is 6.28. The molecule has 7 aromatic carbocycles. The van der Waals surface area contributed by atoms with E-state index in [1.165, 1.54) is 10.8 Å². The minimum Gasteiger partial charge on any atom is -0.456 e. The summed E-state index contributed by atoms with van der Waals surface area (Å²) in [6, 6.07) is 51.2. The number of aromatic nitrogens is 2. The van der Waals surface area contributed by atoms with Gasteiger partial charge in [0.15, 0.2) is 0 Å². The first-order valence-corrected chi connectivity index (χ1v) is 15.9. The van der Waals surface area contributed by atoms with Crippen molar-refractivity contribution in [2.45, 2.75) is 0 Å². The number of rotatable bonds is 2. The van der Waals surface area contributed by atoms with Crippen molar-refractivity contribution in [2.24, 2.45) is 0 Å². The molecule has 0 atom stereocenters. The maximum atomic E-state index is 6.58. The molecule has 0 fully saturated rings. The molecule has 0 radical (unpaired) electrons. The Balaban J connectivity index is 1.12. The summed E-state index contributed by atoms with van der Waals surface area (Å²) in [6.45, 7) is 0. The van der Waals surface area contributed by atoms with Gasteiger partial charge in [-0.05, 0) is 58.5 Å². The average Bonchev–Trinajstić information content (AvgIpc) is 3.83. The van der Waals surface area contributed by atoms with E-state index in [1.54, 1.807) is 0 Å². The number of fused-ring (bicyclic) bond motifs is 15. The molecule has 0 aliphatic rings. The van der Waals surface area contributed by atoms with E-state index < -0.39 is 0 Å². The van der Waals surface area contributed by atoms with Gasteiger partial charge in [-0.25, -0.2) is 4.98 Å². The van der Waals surface area contributed by atoms with Gasteiger partial charge in [-0.1, -0.05) is 109 Å². The van der Waals surface area contributed by atoms with Gasteiger partial charge in [0.2, 0.25) is 0 Å². The van der Waals surface area contributed by atoms with Crippen LogP contribution in [0.2, 0.25) is 0 Å². The summed E-state index contributed by atoms with van der Waals surface area (Å²) in [4.78, 5) is 5.06. The molecule has 4 aromatic heterocycles. The number of pyridine rings is 1. The minimum absolute atomic E-state index is 0.864. The van der Waals surface area contributed by atoms with Gasteiger partial charge in [-0.2, -0.15) is 0 Å². The summed E-state index contributed by atoms with van der Waals surface area (Å²) in [6.07, 6.45) is 0. The van der Waals surface area contributed by atoms with Gasteiger partial charge >= 0.3 is 0 Å². The van der Waals surface area contributed by atoms with E-state index in [9.17, 15) is 0 Å². The predicted octanol–water partition coefficient (Wildman–Crippen LogP) is 11.9. The maximum Gasteiger partial charge on any atom is 0.146 e. The van der Waals surface area contributed by atoms with Gasteiger partial charge < -0.3 is 8.83 Å². The first-order chi connectivity index (χ1) is 23.3. The number of benzene rings is 7. The summed E-state index contributed by atoms with van der Waals surface area (Å²) < 4.78 is 15.3. The van der Waals surface area contributed by atoms with Crippen molar-refractivity contribution in [1.82, 2.24) is 9.38 Å². The summed E-state index contributed by atoms with van der Waals surface area (Å²) in [7, 11) is 0. The van der Waals surface area contributed by atoms with E-state index in [1.807, 2.05) is 24.3 Å². The van der Waals surface area contributed by atoms with Crippen LogP contribution in [-0.2, 0) is 0 Å². The van der Waals surface area contributed by atoms with Crippen molar-refractivity contribution in [3.8, 4) is 22.3 Å². The van der Waals surface area contributed by atoms with Crippen molar-refractivity contribution < 1.29 is 8.83 Å². The number of para-hydroxylation sites is 4. The molecule has 47 heavy (non-hydrogen) atoms. The molecule has 4 heteroatoms. The van der Waals surface area contributed by atoms with Crippen LogP contribution >= 0.6 is 0 Å². The molecule has 11 rings (SSSR count). The van der Waals surface area contributed by atoms with Crippen LogP contribution in [0.15, 0.2) is 154 Å². The molecule has 4 nitrogen and oxygen atoms in total. The zero-order valence-corrected chi connectivity index (χ0v) is 25.1. The van der Waals surface area contributed by atoms with Crippen molar-refractivity contribution in [3.05, 3.63) is 146 Å². The van der Waals surface area contributed by atoms with Crippen LogP contribution < -0.4 is 0 Å². The summed E-state index contributed by atoms with van der Waals surface area (Å²) in [5.74, 6) is 0. The molecule has 0 N–H and O–H groups in total. The second-order valence-corrected chi connectivity index (χ2v) is 12.3. The van der Waals surface area contributed by atoms with Crippen LogP contribution in [0.4, 0.5) is 0 Å². The van der Waals surface area contributed by atoms with Crippen molar-refractivity contribution in [3.63, 3.8) is 0 Å². The van der Waals surface area contributed by atoms with Gasteiger partial charge in [-0.15, -0.1) is 0 Å². The number of hydrogen-bond acceptors (Lipinski definition) is 3. The smallest absolute Gasteiger partial charge is 0.146 e. The quantitative estimate of drug-likeness (QED) is 0.185. The lowest BCUT2D eigenvalue weighted by Gasteiger charge is -2.12. The summed E-state index contributed by atoms with van der Waals surface area (Å²) in [5.41, 5.74) is 12.1. The Morgan fingerprint density at radius 1 is 0.426 bits per heavy atom. The number of hydrogen-bond donors (Lipinski definition) is 0. The molecule has 0 aliphatic heterocycles. The molecular formula is C43H24N2O2. The molecule has 218 valence electrons. The van der Waals surface area contributed by atoms with Crippen molar-refractivity contribution in [2.75, 3.05) is 0 Å². The number of nitrogens with zero attached hydrogens (tertiary/aromatic N) is 2. The molecule has 0 saturated heterocycles. The van der Waals surface area contributed by atoms with E-state index in [0.29, 0.717) is 0 Å². The Bertz CT molecular complexity index is 3070. The predicted molar refractivity (Wildman–Crippen MR) is 193 cm³/mol. The fourth-order valence-electron chi connectivity index (χ4n) is 7.65.